The molecule has 0 radical (unpaired) electrons. The molecule has 2 aromatic heterocycles. The Morgan fingerprint density at radius 2 is 1.95 bits per heavy atom. The van der Waals surface area contributed by atoms with Gasteiger partial charge in [-0.1, -0.05) is 11.6 Å². The SMILES string of the molecule is Cc1nc(=O)n(-c2cncnc2)c2cc(Cl)ccc12. The van der Waals surface area contributed by atoms with E-state index in [0.717, 1.165) is 5.39 Å². The van der Waals surface area contributed by atoms with Gasteiger partial charge in [-0.05, 0) is 25.1 Å². The van der Waals surface area contributed by atoms with E-state index in [1.54, 1.807) is 31.5 Å². The van der Waals surface area contributed by atoms with Crippen LogP contribution in [0.5, 0.6) is 0 Å². The van der Waals surface area contributed by atoms with E-state index in [4.69, 9.17) is 11.6 Å². The summed E-state index contributed by atoms with van der Waals surface area (Å²) in [5, 5.41) is 1.43. The van der Waals surface area contributed by atoms with Gasteiger partial charge in [0.05, 0.1) is 29.3 Å². The molecular weight excluding hydrogens is 264 g/mol. The maximum absolute atomic E-state index is 12.1. The van der Waals surface area contributed by atoms with Crippen LogP contribution in [0.1, 0.15) is 5.69 Å². The van der Waals surface area contributed by atoms with Gasteiger partial charge in [-0.3, -0.25) is 4.57 Å². The van der Waals surface area contributed by atoms with E-state index >= 15 is 0 Å². The second-order valence-electron chi connectivity index (χ2n) is 4.07. The van der Waals surface area contributed by atoms with Gasteiger partial charge in [-0.2, -0.15) is 4.98 Å². The fourth-order valence-electron chi connectivity index (χ4n) is 2.01. The molecule has 0 fully saturated rings. The molecule has 0 aliphatic rings. The van der Waals surface area contributed by atoms with E-state index < -0.39 is 0 Å². The largest absolute Gasteiger partial charge is 0.352 e. The number of hydrogen-bond donors (Lipinski definition) is 0. The van der Waals surface area contributed by atoms with Crippen molar-refractivity contribution < 1.29 is 0 Å². The molecule has 0 unspecified atom stereocenters. The second-order valence-corrected chi connectivity index (χ2v) is 4.51. The summed E-state index contributed by atoms with van der Waals surface area (Å²) in [6.07, 6.45) is 4.53. The van der Waals surface area contributed by atoms with Crippen LogP contribution >= 0.6 is 11.6 Å². The fraction of sp³-hybridized carbons (Fsp3) is 0.0769. The van der Waals surface area contributed by atoms with Crippen molar-refractivity contribution in [3.05, 3.63) is 58.1 Å². The standard InChI is InChI=1S/C13H9ClN4O/c1-8-11-3-2-9(14)4-12(11)18(13(19)17-8)10-5-15-7-16-6-10/h2-7H,1H3. The van der Waals surface area contributed by atoms with Crippen molar-refractivity contribution in [3.63, 3.8) is 0 Å². The minimum atomic E-state index is -0.373. The van der Waals surface area contributed by atoms with Gasteiger partial charge in [-0.25, -0.2) is 14.8 Å². The van der Waals surface area contributed by atoms with Crippen LogP contribution in [0.25, 0.3) is 16.6 Å². The molecule has 2 heterocycles. The van der Waals surface area contributed by atoms with Crippen LogP contribution in [-0.2, 0) is 0 Å². The lowest BCUT2D eigenvalue weighted by Crippen LogP contribution is -2.23. The number of hydrogen-bond acceptors (Lipinski definition) is 4. The third-order valence-electron chi connectivity index (χ3n) is 2.85. The highest BCUT2D eigenvalue weighted by Gasteiger charge is 2.10. The molecule has 6 heteroatoms. The Bertz CT molecular complexity index is 814. The number of nitrogens with zero attached hydrogens (tertiary/aromatic N) is 4. The molecular formula is C13H9ClN4O. The fourth-order valence-corrected chi connectivity index (χ4v) is 2.18. The highest BCUT2D eigenvalue weighted by molar-refractivity contribution is 6.31. The summed E-state index contributed by atoms with van der Waals surface area (Å²) in [7, 11) is 0. The molecule has 0 bridgehead atoms. The molecule has 0 amide bonds. The lowest BCUT2D eigenvalue weighted by molar-refractivity contribution is 0.922. The molecule has 0 saturated carbocycles. The predicted octanol–water partition coefficient (Wildman–Crippen LogP) is 2.14. The first-order valence-corrected chi connectivity index (χ1v) is 5.99. The molecule has 0 spiro atoms. The average Bonchev–Trinajstić information content (AvgIpc) is 2.39. The lowest BCUT2D eigenvalue weighted by atomic mass is 10.2. The highest BCUT2D eigenvalue weighted by Crippen LogP contribution is 2.21. The summed E-state index contributed by atoms with van der Waals surface area (Å²) >= 11 is 6.02. The monoisotopic (exact) mass is 272 g/mol. The Labute approximate surface area is 113 Å². The van der Waals surface area contributed by atoms with Gasteiger partial charge in [0.25, 0.3) is 0 Å². The topological polar surface area (TPSA) is 60.7 Å². The zero-order chi connectivity index (χ0) is 13.4. The summed E-state index contributed by atoms with van der Waals surface area (Å²) in [6, 6.07) is 5.36. The van der Waals surface area contributed by atoms with Gasteiger partial charge in [0.2, 0.25) is 0 Å². The quantitative estimate of drug-likeness (QED) is 0.681. The van der Waals surface area contributed by atoms with Crippen LogP contribution in [0.2, 0.25) is 5.02 Å². The number of benzene rings is 1. The molecule has 19 heavy (non-hydrogen) atoms. The Morgan fingerprint density at radius 3 is 2.68 bits per heavy atom. The minimum absolute atomic E-state index is 0.373. The van der Waals surface area contributed by atoms with Gasteiger partial charge in [0.1, 0.15) is 6.33 Å². The molecule has 3 aromatic rings. The first-order chi connectivity index (χ1) is 9.16. The molecule has 5 nitrogen and oxygen atoms in total. The van der Waals surface area contributed by atoms with E-state index in [9.17, 15) is 4.79 Å². The molecule has 3 rings (SSSR count). The van der Waals surface area contributed by atoms with Crippen LogP contribution in [-0.4, -0.2) is 19.5 Å². The van der Waals surface area contributed by atoms with E-state index in [1.165, 1.54) is 10.9 Å². The second kappa shape index (κ2) is 4.44. The molecule has 0 aliphatic carbocycles. The molecule has 0 saturated heterocycles. The van der Waals surface area contributed by atoms with Gasteiger partial charge in [0, 0.05) is 10.4 Å². The maximum atomic E-state index is 12.1. The number of halogens is 1. The van der Waals surface area contributed by atoms with Crippen molar-refractivity contribution in [3.8, 4) is 5.69 Å². The van der Waals surface area contributed by atoms with E-state index in [2.05, 4.69) is 15.0 Å². The predicted molar refractivity (Wildman–Crippen MR) is 72.7 cm³/mol. The summed E-state index contributed by atoms with van der Waals surface area (Å²) < 4.78 is 1.45. The van der Waals surface area contributed by atoms with Crippen molar-refractivity contribution in [1.29, 1.82) is 0 Å². The third-order valence-corrected chi connectivity index (χ3v) is 3.09. The molecule has 94 valence electrons. The van der Waals surface area contributed by atoms with E-state index in [0.29, 0.717) is 21.9 Å². The van der Waals surface area contributed by atoms with Gasteiger partial charge in [0.15, 0.2) is 0 Å². The Hall–Kier alpha value is -2.27. The zero-order valence-corrected chi connectivity index (χ0v) is 10.8. The van der Waals surface area contributed by atoms with Gasteiger partial charge >= 0.3 is 5.69 Å². The first kappa shape index (κ1) is 11.8. The van der Waals surface area contributed by atoms with Gasteiger partial charge in [-0.15, -0.1) is 0 Å². The third kappa shape index (κ3) is 1.98. The molecule has 0 aliphatic heterocycles. The van der Waals surface area contributed by atoms with Crippen molar-refractivity contribution >= 4 is 22.5 Å². The summed E-state index contributed by atoms with van der Waals surface area (Å²) in [4.78, 5) is 24.0. The summed E-state index contributed by atoms with van der Waals surface area (Å²) in [5.41, 5.74) is 1.55. The first-order valence-electron chi connectivity index (χ1n) is 5.61. The summed E-state index contributed by atoms with van der Waals surface area (Å²) in [5.74, 6) is 0. The molecule has 1 aromatic carbocycles. The van der Waals surface area contributed by atoms with Crippen molar-refractivity contribution in [1.82, 2.24) is 19.5 Å². The van der Waals surface area contributed by atoms with Crippen LogP contribution in [0.4, 0.5) is 0 Å². The van der Waals surface area contributed by atoms with Crippen molar-refractivity contribution in [2.45, 2.75) is 6.92 Å². The zero-order valence-electron chi connectivity index (χ0n) is 10.0. The highest BCUT2D eigenvalue weighted by atomic mass is 35.5. The lowest BCUT2D eigenvalue weighted by Gasteiger charge is -2.10. The van der Waals surface area contributed by atoms with Crippen molar-refractivity contribution in [2.24, 2.45) is 0 Å². The van der Waals surface area contributed by atoms with E-state index in [1.807, 2.05) is 6.07 Å². The normalized spacial score (nSPS) is 10.8. The molecule has 0 N–H and O–H groups in total. The van der Waals surface area contributed by atoms with Crippen LogP contribution in [0.3, 0.4) is 0 Å². The van der Waals surface area contributed by atoms with Crippen molar-refractivity contribution in [2.75, 3.05) is 0 Å². The average molecular weight is 273 g/mol. The van der Waals surface area contributed by atoms with Crippen LogP contribution in [0.15, 0.2) is 41.7 Å². The smallest absolute Gasteiger partial charge is 0.257 e. The minimum Gasteiger partial charge on any atom is -0.257 e. The number of aryl methyl sites for hydroxylation is 1. The van der Waals surface area contributed by atoms with Crippen LogP contribution in [0, 0.1) is 6.92 Å². The number of rotatable bonds is 1. The number of aromatic nitrogens is 4. The molecule has 0 atom stereocenters. The number of fused-ring (bicyclic) bond motifs is 1. The Balaban J connectivity index is 2.48. The Kier molecular flexibility index (Phi) is 2.76. The maximum Gasteiger partial charge on any atom is 0.352 e. The Morgan fingerprint density at radius 1 is 1.21 bits per heavy atom. The van der Waals surface area contributed by atoms with Gasteiger partial charge < -0.3 is 0 Å². The summed E-state index contributed by atoms with van der Waals surface area (Å²) in [6.45, 7) is 1.80. The van der Waals surface area contributed by atoms with Crippen LogP contribution < -0.4 is 5.69 Å². The van der Waals surface area contributed by atoms with E-state index in [-0.39, 0.29) is 5.69 Å².